The zero-order valence-electron chi connectivity index (χ0n) is 13.5. The molecule has 2 saturated heterocycles. The Balaban J connectivity index is 1.65. The van der Waals surface area contributed by atoms with Crippen molar-refractivity contribution in [3.8, 4) is 0 Å². The van der Waals surface area contributed by atoms with E-state index in [9.17, 15) is 14.4 Å². The van der Waals surface area contributed by atoms with Gasteiger partial charge in [-0.25, -0.2) is 0 Å². The molecule has 2 aromatic rings. The van der Waals surface area contributed by atoms with Gasteiger partial charge in [0.15, 0.2) is 12.2 Å². The van der Waals surface area contributed by atoms with Gasteiger partial charge in [-0.2, -0.15) is 4.57 Å². The van der Waals surface area contributed by atoms with Gasteiger partial charge in [-0.05, 0) is 12.5 Å². The summed E-state index contributed by atoms with van der Waals surface area (Å²) in [5.74, 6) is -0.844. The van der Waals surface area contributed by atoms with Crippen molar-refractivity contribution in [2.24, 2.45) is 0 Å². The van der Waals surface area contributed by atoms with Crippen LogP contribution in [0.5, 0.6) is 0 Å². The Morgan fingerprint density at radius 1 is 1.12 bits per heavy atom. The van der Waals surface area contributed by atoms with Crippen LogP contribution >= 0.6 is 0 Å². The lowest BCUT2D eigenvalue weighted by Crippen LogP contribution is -2.57. The highest BCUT2D eigenvalue weighted by Gasteiger charge is 2.42. The molecule has 4 heterocycles. The highest BCUT2D eigenvalue weighted by atomic mass is 16.2. The number of nitrogens with one attached hydrogen (secondary N) is 2. The van der Waals surface area contributed by atoms with Crippen LogP contribution in [-0.4, -0.2) is 36.9 Å². The summed E-state index contributed by atoms with van der Waals surface area (Å²) < 4.78 is 2.19. The molecule has 3 aliphatic heterocycles. The Morgan fingerprint density at radius 2 is 1.96 bits per heavy atom. The van der Waals surface area contributed by atoms with Crippen LogP contribution in [0.15, 0.2) is 30.5 Å². The summed E-state index contributed by atoms with van der Waals surface area (Å²) in [6.45, 7) is 1.82. The van der Waals surface area contributed by atoms with Gasteiger partial charge in [-0.1, -0.05) is 6.07 Å². The molecule has 5 rings (SSSR count). The maximum atomic E-state index is 13.0. The fourth-order valence-electron chi connectivity index (χ4n) is 3.98. The first-order chi connectivity index (χ1) is 12.1. The molecule has 7 nitrogen and oxygen atoms in total. The molecular weight excluding hydrogens is 320 g/mol. The Hall–Kier alpha value is -2.80. The molecule has 0 aliphatic carbocycles. The number of rotatable bonds is 2. The number of aromatic nitrogens is 1. The normalized spacial score (nSPS) is 23.1. The highest BCUT2D eigenvalue weighted by Crippen LogP contribution is 2.38. The van der Waals surface area contributed by atoms with Crippen molar-refractivity contribution in [2.75, 3.05) is 18.0 Å². The molecule has 1 atom stereocenters. The number of pyridine rings is 1. The van der Waals surface area contributed by atoms with E-state index < -0.39 is 11.9 Å². The lowest BCUT2D eigenvalue weighted by Gasteiger charge is -2.30. The van der Waals surface area contributed by atoms with Crippen LogP contribution < -0.4 is 20.1 Å². The summed E-state index contributed by atoms with van der Waals surface area (Å²) >= 11 is 0. The maximum absolute atomic E-state index is 13.0. The number of nitrogens with zero attached hydrogens (tertiary/aromatic N) is 2. The smallest absolute Gasteiger partial charge is 0.260 e. The molecule has 126 valence electrons. The standard InChI is InChI=1S/C18H16N4O3/c23-15-5-4-14(17(24)20-15)22-13-3-1-2-12-16(13)11(18(22)25)6-7-21(12)10-8-19-9-10/h1-3,6-7,10,14,19H,4-5,8-9H2/p+1. The summed E-state index contributed by atoms with van der Waals surface area (Å²) in [6.07, 6.45) is 2.56. The molecule has 3 amide bonds. The topological polar surface area (TPSA) is 82.4 Å². The van der Waals surface area contributed by atoms with Gasteiger partial charge >= 0.3 is 0 Å². The Labute approximate surface area is 143 Å². The van der Waals surface area contributed by atoms with Gasteiger partial charge in [0.25, 0.3) is 5.91 Å². The highest BCUT2D eigenvalue weighted by molar-refractivity contribution is 6.26. The van der Waals surface area contributed by atoms with Crippen LogP contribution in [0, 0.1) is 0 Å². The van der Waals surface area contributed by atoms with Gasteiger partial charge < -0.3 is 5.32 Å². The molecule has 0 saturated carbocycles. The number of amides is 3. The van der Waals surface area contributed by atoms with Gasteiger partial charge in [0, 0.05) is 18.6 Å². The van der Waals surface area contributed by atoms with Gasteiger partial charge in [0.2, 0.25) is 17.3 Å². The first kappa shape index (κ1) is 14.5. The zero-order chi connectivity index (χ0) is 17.1. The van der Waals surface area contributed by atoms with Crippen molar-refractivity contribution >= 4 is 34.3 Å². The van der Waals surface area contributed by atoms with E-state index in [-0.39, 0.29) is 18.2 Å². The summed E-state index contributed by atoms with van der Waals surface area (Å²) in [5.41, 5.74) is 2.39. The monoisotopic (exact) mass is 337 g/mol. The van der Waals surface area contributed by atoms with Crippen molar-refractivity contribution in [1.29, 1.82) is 0 Å². The largest absolute Gasteiger partial charge is 0.304 e. The van der Waals surface area contributed by atoms with Crippen LogP contribution in [0.2, 0.25) is 0 Å². The molecular formula is C18H17N4O3+. The number of anilines is 1. The third kappa shape index (κ3) is 1.96. The summed E-state index contributed by atoms with van der Waals surface area (Å²) in [6, 6.07) is 7.40. The quantitative estimate of drug-likeness (QED) is 0.599. The van der Waals surface area contributed by atoms with Crippen LogP contribution in [0.3, 0.4) is 0 Å². The number of imide groups is 1. The second-order valence-corrected chi connectivity index (χ2v) is 6.76. The molecule has 3 aliphatic rings. The molecule has 25 heavy (non-hydrogen) atoms. The van der Waals surface area contributed by atoms with Crippen molar-refractivity contribution in [2.45, 2.75) is 24.9 Å². The molecule has 0 bridgehead atoms. The third-order valence-corrected chi connectivity index (χ3v) is 5.35. The minimum Gasteiger partial charge on any atom is -0.304 e. The maximum Gasteiger partial charge on any atom is 0.260 e. The Morgan fingerprint density at radius 3 is 2.68 bits per heavy atom. The van der Waals surface area contributed by atoms with E-state index in [0.717, 1.165) is 29.7 Å². The first-order valence-corrected chi connectivity index (χ1v) is 8.50. The first-order valence-electron chi connectivity index (χ1n) is 8.50. The number of benzene rings is 1. The molecule has 7 heteroatoms. The van der Waals surface area contributed by atoms with Gasteiger partial charge in [0.1, 0.15) is 6.04 Å². The third-order valence-electron chi connectivity index (χ3n) is 5.35. The van der Waals surface area contributed by atoms with E-state index in [0.29, 0.717) is 18.0 Å². The molecule has 0 spiro atoms. The predicted octanol–water partition coefficient (Wildman–Crippen LogP) is 0.0370. The number of hydrogen-bond acceptors (Lipinski definition) is 4. The van der Waals surface area contributed by atoms with Gasteiger partial charge in [-0.3, -0.25) is 24.6 Å². The second-order valence-electron chi connectivity index (χ2n) is 6.76. The minimum absolute atomic E-state index is 0.167. The Kier molecular flexibility index (Phi) is 2.96. The fraction of sp³-hybridized carbons (Fsp3) is 0.333. The SMILES string of the molecule is O=C1CCC(N2C(=O)c3cc[n+](C4CNC4)c4cccc2c34)C(=O)N1. The summed E-state index contributed by atoms with van der Waals surface area (Å²) in [7, 11) is 0. The number of carbonyl (C=O) groups excluding carboxylic acids is 3. The summed E-state index contributed by atoms with van der Waals surface area (Å²) in [4.78, 5) is 38.3. The summed E-state index contributed by atoms with van der Waals surface area (Å²) in [5, 5.41) is 6.51. The van der Waals surface area contributed by atoms with Crippen molar-refractivity contribution in [3.05, 3.63) is 36.0 Å². The van der Waals surface area contributed by atoms with Crippen LogP contribution in [0.25, 0.3) is 10.9 Å². The molecule has 2 fully saturated rings. The average Bonchev–Trinajstić information content (AvgIpc) is 2.83. The van der Waals surface area contributed by atoms with Crippen LogP contribution in [0.1, 0.15) is 29.2 Å². The zero-order valence-corrected chi connectivity index (χ0v) is 13.5. The van der Waals surface area contributed by atoms with E-state index in [1.165, 1.54) is 0 Å². The van der Waals surface area contributed by atoms with Crippen molar-refractivity contribution < 1.29 is 19.0 Å². The number of piperidine rings is 1. The van der Waals surface area contributed by atoms with E-state index in [1.807, 2.05) is 30.5 Å². The molecule has 1 unspecified atom stereocenters. The fourth-order valence-corrected chi connectivity index (χ4v) is 3.98. The lowest BCUT2D eigenvalue weighted by molar-refractivity contribution is -0.703. The van der Waals surface area contributed by atoms with Crippen molar-refractivity contribution in [3.63, 3.8) is 0 Å². The lowest BCUT2D eigenvalue weighted by atomic mass is 10.0. The molecule has 1 aromatic heterocycles. The van der Waals surface area contributed by atoms with E-state index in [1.54, 1.807) is 4.90 Å². The van der Waals surface area contributed by atoms with E-state index in [4.69, 9.17) is 0 Å². The van der Waals surface area contributed by atoms with Gasteiger partial charge in [0.05, 0.1) is 29.7 Å². The van der Waals surface area contributed by atoms with E-state index in [2.05, 4.69) is 15.2 Å². The average molecular weight is 337 g/mol. The van der Waals surface area contributed by atoms with Crippen LogP contribution in [-0.2, 0) is 9.59 Å². The Bertz CT molecular complexity index is 951. The molecule has 2 N–H and O–H groups in total. The van der Waals surface area contributed by atoms with E-state index >= 15 is 0 Å². The van der Waals surface area contributed by atoms with Crippen molar-refractivity contribution in [1.82, 2.24) is 10.6 Å². The predicted molar refractivity (Wildman–Crippen MR) is 89.0 cm³/mol. The molecule has 0 radical (unpaired) electrons. The minimum atomic E-state index is -0.637. The second kappa shape index (κ2) is 5.10. The van der Waals surface area contributed by atoms with Crippen LogP contribution in [0.4, 0.5) is 5.69 Å². The van der Waals surface area contributed by atoms with Gasteiger partial charge in [-0.15, -0.1) is 0 Å². The number of hydrogen-bond donors (Lipinski definition) is 2. The molecule has 1 aromatic carbocycles. The number of carbonyl (C=O) groups is 3.